The minimum absolute atomic E-state index is 0.247. The lowest BCUT2D eigenvalue weighted by Crippen LogP contribution is -2.41. The van der Waals surface area contributed by atoms with E-state index in [0.717, 1.165) is 11.2 Å². The Hall–Kier alpha value is -0.885. The fourth-order valence-electron chi connectivity index (χ4n) is 2.10. The fraction of sp³-hybridized carbons (Fsp3) is 0.769. The van der Waals surface area contributed by atoms with Crippen molar-refractivity contribution in [1.82, 2.24) is 9.78 Å². The number of aliphatic hydroxyl groups excluding tert-OH is 2. The highest BCUT2D eigenvalue weighted by atomic mass is 16.7. The van der Waals surface area contributed by atoms with Crippen molar-refractivity contribution in [3.63, 3.8) is 0 Å². The van der Waals surface area contributed by atoms with Crippen molar-refractivity contribution in [3.8, 4) is 0 Å². The Morgan fingerprint density at radius 2 is 1.85 bits per heavy atom. The fourth-order valence-corrected chi connectivity index (χ4v) is 2.10. The maximum Gasteiger partial charge on any atom is 0.498 e. The molecule has 0 unspecified atom stereocenters. The molecular weight excluding hydrogens is 259 g/mol. The molecule has 2 N–H and O–H groups in total. The predicted octanol–water partition coefficient (Wildman–Crippen LogP) is -0.156. The highest BCUT2D eigenvalue weighted by molar-refractivity contribution is 6.62. The summed E-state index contributed by atoms with van der Waals surface area (Å²) in [4.78, 5) is 0. The van der Waals surface area contributed by atoms with E-state index in [4.69, 9.17) is 14.4 Å². The van der Waals surface area contributed by atoms with Crippen LogP contribution in [0.4, 0.5) is 0 Å². The van der Waals surface area contributed by atoms with E-state index in [1.807, 2.05) is 34.6 Å². The van der Waals surface area contributed by atoms with Gasteiger partial charge in [-0.3, -0.25) is 4.68 Å². The molecule has 0 amide bonds. The Morgan fingerprint density at radius 3 is 2.35 bits per heavy atom. The summed E-state index contributed by atoms with van der Waals surface area (Å²) in [6, 6.07) is 0. The molecule has 112 valence electrons. The third kappa shape index (κ3) is 2.76. The van der Waals surface area contributed by atoms with Crippen molar-refractivity contribution < 1.29 is 19.5 Å². The summed E-state index contributed by atoms with van der Waals surface area (Å²) in [7, 11) is -0.458. The molecule has 0 aliphatic carbocycles. The minimum atomic E-state index is -0.819. The highest BCUT2D eigenvalue weighted by Gasteiger charge is 2.52. The molecule has 1 saturated heterocycles. The number of nitrogens with zero attached hydrogens (tertiary/aromatic N) is 2. The van der Waals surface area contributed by atoms with Gasteiger partial charge in [0, 0.05) is 11.7 Å². The van der Waals surface area contributed by atoms with Crippen LogP contribution in [0.3, 0.4) is 0 Å². The second kappa shape index (κ2) is 5.14. The van der Waals surface area contributed by atoms with Crippen LogP contribution in [0.15, 0.2) is 6.20 Å². The first-order chi connectivity index (χ1) is 9.16. The molecule has 0 saturated carbocycles. The molecule has 7 heteroatoms. The van der Waals surface area contributed by atoms with Crippen LogP contribution in [0.2, 0.25) is 0 Å². The Balaban J connectivity index is 2.19. The van der Waals surface area contributed by atoms with Gasteiger partial charge in [-0.25, -0.2) is 0 Å². The average Bonchev–Trinajstić information content (AvgIpc) is 2.77. The number of aromatic nitrogens is 2. The summed E-state index contributed by atoms with van der Waals surface area (Å²) in [6.45, 7) is 9.85. The lowest BCUT2D eigenvalue weighted by atomic mass is 9.79. The van der Waals surface area contributed by atoms with E-state index < -0.39 is 24.4 Å². The van der Waals surface area contributed by atoms with Gasteiger partial charge >= 0.3 is 7.12 Å². The quantitative estimate of drug-likeness (QED) is 0.751. The first kappa shape index (κ1) is 15.5. The van der Waals surface area contributed by atoms with Crippen LogP contribution in [0.25, 0.3) is 0 Å². The lowest BCUT2D eigenvalue weighted by molar-refractivity contribution is 0.00578. The third-order valence-corrected chi connectivity index (χ3v) is 4.10. The second-order valence-electron chi connectivity index (χ2n) is 6.32. The maximum atomic E-state index is 9.47. The summed E-state index contributed by atoms with van der Waals surface area (Å²) in [6.07, 6.45) is 0.983. The SMILES string of the molecule is Cc1nn(C[C@H](O)CO)cc1B1OC(C)(C)C(C)(C)O1. The highest BCUT2D eigenvalue weighted by Crippen LogP contribution is 2.36. The molecule has 0 bridgehead atoms. The van der Waals surface area contributed by atoms with E-state index in [-0.39, 0.29) is 13.2 Å². The van der Waals surface area contributed by atoms with Crippen LogP contribution in [-0.2, 0) is 15.9 Å². The smallest absolute Gasteiger partial charge is 0.399 e. The van der Waals surface area contributed by atoms with Crippen molar-refractivity contribution in [2.45, 2.75) is 58.5 Å². The summed E-state index contributed by atoms with van der Waals surface area (Å²) in [5, 5.41) is 22.7. The maximum absolute atomic E-state index is 9.47. The molecule has 1 aromatic heterocycles. The summed E-state index contributed by atoms with van der Waals surface area (Å²) < 4.78 is 13.6. The van der Waals surface area contributed by atoms with Crippen LogP contribution in [0.1, 0.15) is 33.4 Å². The molecule has 1 atom stereocenters. The van der Waals surface area contributed by atoms with Crippen LogP contribution in [0, 0.1) is 6.92 Å². The van der Waals surface area contributed by atoms with Gasteiger partial charge in [0.2, 0.25) is 0 Å². The Bertz CT molecular complexity index is 471. The molecule has 1 fully saturated rings. The molecule has 6 nitrogen and oxygen atoms in total. The number of hydrogen-bond acceptors (Lipinski definition) is 5. The first-order valence-electron chi connectivity index (χ1n) is 6.85. The Labute approximate surface area is 119 Å². The Kier molecular flexibility index (Phi) is 3.99. The van der Waals surface area contributed by atoms with Gasteiger partial charge in [0.25, 0.3) is 0 Å². The minimum Gasteiger partial charge on any atom is -0.399 e. The van der Waals surface area contributed by atoms with Gasteiger partial charge in [-0.05, 0) is 34.6 Å². The van der Waals surface area contributed by atoms with E-state index in [0.29, 0.717) is 0 Å². The topological polar surface area (TPSA) is 76.7 Å². The van der Waals surface area contributed by atoms with E-state index >= 15 is 0 Å². The van der Waals surface area contributed by atoms with E-state index in [1.165, 1.54) is 0 Å². The van der Waals surface area contributed by atoms with Gasteiger partial charge in [-0.2, -0.15) is 5.10 Å². The number of rotatable bonds is 4. The molecule has 1 aliphatic heterocycles. The monoisotopic (exact) mass is 282 g/mol. The molecule has 0 radical (unpaired) electrons. The van der Waals surface area contributed by atoms with Gasteiger partial charge in [-0.1, -0.05) is 0 Å². The largest absolute Gasteiger partial charge is 0.498 e. The number of aryl methyl sites for hydroxylation is 1. The third-order valence-electron chi connectivity index (χ3n) is 4.10. The van der Waals surface area contributed by atoms with Crippen molar-refractivity contribution in [2.75, 3.05) is 6.61 Å². The van der Waals surface area contributed by atoms with Crippen LogP contribution in [-0.4, -0.2) is 51.0 Å². The standard InChI is InChI=1S/C13H23BN2O4/c1-9-11(7-16(15-9)6-10(18)8-17)14-19-12(2,3)13(4,5)20-14/h7,10,17-18H,6,8H2,1-5H3/t10-/m0/s1. The zero-order valence-corrected chi connectivity index (χ0v) is 12.8. The second-order valence-corrected chi connectivity index (χ2v) is 6.32. The summed E-state index contributed by atoms with van der Waals surface area (Å²) in [5.74, 6) is 0. The van der Waals surface area contributed by atoms with E-state index in [1.54, 1.807) is 10.9 Å². The van der Waals surface area contributed by atoms with Gasteiger partial charge in [0.1, 0.15) is 0 Å². The lowest BCUT2D eigenvalue weighted by Gasteiger charge is -2.32. The molecule has 0 aromatic carbocycles. The molecule has 20 heavy (non-hydrogen) atoms. The van der Waals surface area contributed by atoms with Crippen LogP contribution < -0.4 is 5.46 Å². The van der Waals surface area contributed by atoms with Gasteiger partial charge in [0.05, 0.1) is 36.2 Å². The predicted molar refractivity (Wildman–Crippen MR) is 75.8 cm³/mol. The molecule has 2 rings (SSSR count). The molecule has 1 aliphatic rings. The van der Waals surface area contributed by atoms with Crippen molar-refractivity contribution >= 4 is 12.6 Å². The molecule has 2 heterocycles. The van der Waals surface area contributed by atoms with Gasteiger partial charge < -0.3 is 19.5 Å². The summed E-state index contributed by atoms with van der Waals surface area (Å²) in [5.41, 5.74) is 0.871. The first-order valence-corrected chi connectivity index (χ1v) is 6.85. The number of aliphatic hydroxyl groups is 2. The molecule has 0 spiro atoms. The normalized spacial score (nSPS) is 22.2. The van der Waals surface area contributed by atoms with E-state index in [9.17, 15) is 5.11 Å². The van der Waals surface area contributed by atoms with Crippen LogP contribution >= 0.6 is 0 Å². The Morgan fingerprint density at radius 1 is 1.30 bits per heavy atom. The zero-order chi connectivity index (χ0) is 15.1. The zero-order valence-electron chi connectivity index (χ0n) is 12.8. The van der Waals surface area contributed by atoms with Crippen molar-refractivity contribution in [3.05, 3.63) is 11.9 Å². The van der Waals surface area contributed by atoms with Crippen LogP contribution in [0.5, 0.6) is 0 Å². The molecule has 1 aromatic rings. The van der Waals surface area contributed by atoms with Gasteiger partial charge in [0.15, 0.2) is 0 Å². The van der Waals surface area contributed by atoms with Crippen molar-refractivity contribution in [2.24, 2.45) is 0 Å². The molecular formula is C13H23BN2O4. The van der Waals surface area contributed by atoms with E-state index in [2.05, 4.69) is 5.10 Å². The average molecular weight is 282 g/mol. The number of hydrogen-bond donors (Lipinski definition) is 2. The summed E-state index contributed by atoms with van der Waals surface area (Å²) >= 11 is 0. The van der Waals surface area contributed by atoms with Gasteiger partial charge in [-0.15, -0.1) is 0 Å². The van der Waals surface area contributed by atoms with Crippen molar-refractivity contribution in [1.29, 1.82) is 0 Å².